The van der Waals surface area contributed by atoms with Gasteiger partial charge in [-0.25, -0.2) is 4.98 Å². The van der Waals surface area contributed by atoms with Gasteiger partial charge in [-0.05, 0) is 36.2 Å². The van der Waals surface area contributed by atoms with Gasteiger partial charge in [0.05, 0.1) is 39.0 Å². The molecule has 4 rings (SSSR count). The molecule has 2 atom stereocenters. The topological polar surface area (TPSA) is 58.4 Å². The van der Waals surface area contributed by atoms with Crippen molar-refractivity contribution in [3.8, 4) is 22.9 Å². The van der Waals surface area contributed by atoms with Crippen molar-refractivity contribution < 1.29 is 14.2 Å². The summed E-state index contributed by atoms with van der Waals surface area (Å²) in [4.78, 5) is 8.72. The lowest BCUT2D eigenvalue weighted by Gasteiger charge is -2.22. The number of para-hydroxylation sites is 1. The fourth-order valence-corrected chi connectivity index (χ4v) is 3.76. The van der Waals surface area contributed by atoms with Gasteiger partial charge in [0.1, 0.15) is 5.82 Å². The molecule has 1 aliphatic rings. The summed E-state index contributed by atoms with van der Waals surface area (Å²) in [5.41, 5.74) is 2.18. The number of imidazole rings is 1. The largest absolute Gasteiger partial charge is 0.493 e. The highest BCUT2D eigenvalue weighted by Gasteiger charge is 2.32. The third kappa shape index (κ3) is 3.40. The van der Waals surface area contributed by atoms with Crippen LogP contribution in [-0.2, 0) is 11.2 Å². The molecule has 0 amide bonds. The third-order valence-corrected chi connectivity index (χ3v) is 5.08. The Bertz CT molecular complexity index is 895. The first-order chi connectivity index (χ1) is 13.3. The molecule has 0 N–H and O–H groups in total. The Morgan fingerprint density at radius 2 is 1.93 bits per heavy atom. The van der Waals surface area contributed by atoms with E-state index >= 15 is 0 Å². The summed E-state index contributed by atoms with van der Waals surface area (Å²) in [6.45, 7) is 1.41. The van der Waals surface area contributed by atoms with Crippen molar-refractivity contribution in [2.24, 2.45) is 5.92 Å². The first-order valence-electron chi connectivity index (χ1n) is 9.02. The molecule has 6 nitrogen and oxygen atoms in total. The average Bonchev–Trinajstić information content (AvgIpc) is 3.37. The van der Waals surface area contributed by atoms with Crippen LogP contribution in [0.15, 0.2) is 55.1 Å². The minimum absolute atomic E-state index is 0.214. The molecule has 0 unspecified atom stereocenters. The maximum Gasteiger partial charge on any atom is 0.171 e. The smallest absolute Gasteiger partial charge is 0.171 e. The Balaban J connectivity index is 1.68. The predicted octanol–water partition coefficient (Wildman–Crippen LogP) is 3.39. The maximum absolute atomic E-state index is 5.84. The van der Waals surface area contributed by atoms with Crippen molar-refractivity contribution in [1.82, 2.24) is 14.5 Å². The molecule has 1 saturated heterocycles. The molecule has 0 radical (unpaired) electrons. The molecule has 3 heterocycles. The van der Waals surface area contributed by atoms with Crippen LogP contribution in [-0.4, -0.2) is 42.0 Å². The Morgan fingerprint density at radius 3 is 2.70 bits per heavy atom. The molecule has 27 heavy (non-hydrogen) atoms. The van der Waals surface area contributed by atoms with E-state index in [2.05, 4.69) is 26.7 Å². The summed E-state index contributed by atoms with van der Waals surface area (Å²) in [5, 5.41) is 0. The predicted molar refractivity (Wildman–Crippen MR) is 102 cm³/mol. The fourth-order valence-electron chi connectivity index (χ4n) is 3.76. The van der Waals surface area contributed by atoms with Crippen LogP contribution >= 0.6 is 0 Å². The molecule has 3 aromatic rings. The van der Waals surface area contributed by atoms with E-state index in [0.29, 0.717) is 24.0 Å². The Labute approximate surface area is 158 Å². The maximum atomic E-state index is 5.84. The second-order valence-corrected chi connectivity index (χ2v) is 6.62. The second kappa shape index (κ2) is 7.80. The number of rotatable bonds is 6. The molecule has 1 fully saturated rings. The van der Waals surface area contributed by atoms with E-state index in [1.54, 1.807) is 14.2 Å². The molecule has 0 spiro atoms. The lowest BCUT2D eigenvalue weighted by molar-refractivity contribution is 0.181. The monoisotopic (exact) mass is 365 g/mol. The van der Waals surface area contributed by atoms with Crippen molar-refractivity contribution in [3.05, 3.63) is 60.7 Å². The van der Waals surface area contributed by atoms with Crippen LogP contribution in [0.25, 0.3) is 11.4 Å². The molecule has 0 aliphatic carbocycles. The van der Waals surface area contributed by atoms with E-state index in [1.807, 2.05) is 43.0 Å². The zero-order valence-electron chi connectivity index (χ0n) is 15.5. The van der Waals surface area contributed by atoms with E-state index in [0.717, 1.165) is 24.4 Å². The summed E-state index contributed by atoms with van der Waals surface area (Å²) in [5.74, 6) is 2.62. The number of pyridine rings is 1. The van der Waals surface area contributed by atoms with Crippen molar-refractivity contribution in [3.63, 3.8) is 0 Å². The molecule has 0 saturated carbocycles. The minimum Gasteiger partial charge on any atom is -0.493 e. The van der Waals surface area contributed by atoms with Gasteiger partial charge in [-0.15, -0.1) is 0 Å². The fraction of sp³-hybridized carbons (Fsp3) is 0.333. The standard InChI is InChI=1S/C21H23N3O3/c1-25-19-5-3-4-17(20(19)26-2)21-23-10-11-24(21)18-14-27-13-16(18)12-15-6-8-22-9-7-15/h3-11,16,18H,12-14H2,1-2H3/t16-,18+/m0/s1. The van der Waals surface area contributed by atoms with Crippen LogP contribution < -0.4 is 9.47 Å². The second-order valence-electron chi connectivity index (χ2n) is 6.62. The number of hydrogen-bond acceptors (Lipinski definition) is 5. The molecule has 1 aliphatic heterocycles. The van der Waals surface area contributed by atoms with E-state index in [9.17, 15) is 0 Å². The summed E-state index contributed by atoms with van der Waals surface area (Å²) < 4.78 is 19.1. The van der Waals surface area contributed by atoms with Crippen LogP contribution in [0.4, 0.5) is 0 Å². The van der Waals surface area contributed by atoms with Gasteiger partial charge in [0.25, 0.3) is 0 Å². The molecule has 0 bridgehead atoms. The SMILES string of the molecule is COc1cccc(-c2nccn2[C@@H]2COC[C@@H]2Cc2ccncc2)c1OC. The highest BCUT2D eigenvalue weighted by Crippen LogP contribution is 2.39. The Morgan fingerprint density at radius 1 is 1.07 bits per heavy atom. The number of aromatic nitrogens is 3. The van der Waals surface area contributed by atoms with Crippen molar-refractivity contribution in [2.75, 3.05) is 27.4 Å². The Kier molecular flexibility index (Phi) is 5.07. The number of ether oxygens (including phenoxy) is 3. The average molecular weight is 365 g/mol. The van der Waals surface area contributed by atoms with Gasteiger partial charge < -0.3 is 18.8 Å². The quantitative estimate of drug-likeness (QED) is 0.670. The van der Waals surface area contributed by atoms with Crippen molar-refractivity contribution in [1.29, 1.82) is 0 Å². The van der Waals surface area contributed by atoms with Crippen LogP contribution in [0.1, 0.15) is 11.6 Å². The van der Waals surface area contributed by atoms with Gasteiger partial charge in [0, 0.05) is 30.7 Å². The van der Waals surface area contributed by atoms with E-state index < -0.39 is 0 Å². The molecule has 140 valence electrons. The zero-order valence-corrected chi connectivity index (χ0v) is 15.5. The normalized spacial score (nSPS) is 19.2. The van der Waals surface area contributed by atoms with Crippen LogP contribution in [0, 0.1) is 5.92 Å². The lowest BCUT2D eigenvalue weighted by Crippen LogP contribution is -2.20. The van der Waals surface area contributed by atoms with Crippen LogP contribution in [0.5, 0.6) is 11.5 Å². The van der Waals surface area contributed by atoms with Gasteiger partial charge >= 0.3 is 0 Å². The zero-order chi connectivity index (χ0) is 18.6. The van der Waals surface area contributed by atoms with Crippen LogP contribution in [0.3, 0.4) is 0 Å². The minimum atomic E-state index is 0.214. The summed E-state index contributed by atoms with van der Waals surface area (Å²) in [6, 6.07) is 10.2. The number of hydrogen-bond donors (Lipinski definition) is 0. The van der Waals surface area contributed by atoms with Gasteiger partial charge in [-0.1, -0.05) is 6.07 Å². The van der Waals surface area contributed by atoms with Gasteiger partial charge in [0.2, 0.25) is 0 Å². The summed E-state index contributed by atoms with van der Waals surface area (Å²) in [7, 11) is 3.29. The van der Waals surface area contributed by atoms with E-state index in [1.165, 1.54) is 5.56 Å². The van der Waals surface area contributed by atoms with Gasteiger partial charge in [-0.2, -0.15) is 0 Å². The number of nitrogens with zero attached hydrogens (tertiary/aromatic N) is 3. The van der Waals surface area contributed by atoms with Crippen LogP contribution in [0.2, 0.25) is 0 Å². The molecular formula is C21H23N3O3. The van der Waals surface area contributed by atoms with Gasteiger partial charge in [-0.3, -0.25) is 4.98 Å². The molecular weight excluding hydrogens is 342 g/mol. The lowest BCUT2D eigenvalue weighted by atomic mass is 9.95. The highest BCUT2D eigenvalue weighted by atomic mass is 16.5. The summed E-state index contributed by atoms with van der Waals surface area (Å²) in [6.07, 6.45) is 8.47. The first kappa shape index (κ1) is 17.5. The summed E-state index contributed by atoms with van der Waals surface area (Å²) >= 11 is 0. The Hall–Kier alpha value is -2.86. The van der Waals surface area contributed by atoms with Crippen molar-refractivity contribution >= 4 is 0 Å². The molecule has 6 heteroatoms. The third-order valence-electron chi connectivity index (χ3n) is 5.08. The van der Waals surface area contributed by atoms with Gasteiger partial charge in [0.15, 0.2) is 11.5 Å². The first-order valence-corrected chi connectivity index (χ1v) is 9.02. The number of benzene rings is 1. The number of methoxy groups -OCH3 is 2. The van der Waals surface area contributed by atoms with E-state index in [-0.39, 0.29) is 6.04 Å². The van der Waals surface area contributed by atoms with E-state index in [4.69, 9.17) is 14.2 Å². The molecule has 2 aromatic heterocycles. The van der Waals surface area contributed by atoms with Crippen molar-refractivity contribution in [2.45, 2.75) is 12.5 Å². The molecule has 1 aromatic carbocycles. The highest BCUT2D eigenvalue weighted by molar-refractivity contribution is 5.69.